The zero-order chi connectivity index (χ0) is 13.7. The minimum atomic E-state index is -0.645. The minimum absolute atomic E-state index is 0.0272. The van der Waals surface area contributed by atoms with E-state index in [1.165, 1.54) is 12.1 Å². The lowest BCUT2D eigenvalue weighted by Crippen LogP contribution is -2.43. The number of morpholine rings is 1. The maximum Gasteiger partial charge on any atom is 0.260 e. The normalized spacial score (nSPS) is 14.8. The van der Waals surface area contributed by atoms with Crippen LogP contribution in [-0.4, -0.2) is 43.7 Å². The summed E-state index contributed by atoms with van der Waals surface area (Å²) in [6.07, 6.45) is 0. The van der Waals surface area contributed by atoms with Gasteiger partial charge in [0.2, 0.25) is 0 Å². The molecule has 1 aromatic carbocycles. The summed E-state index contributed by atoms with van der Waals surface area (Å²) in [6.45, 7) is 1.85. The fraction of sp³-hybridized carbons (Fsp3) is 0.385. The van der Waals surface area contributed by atoms with Crippen LogP contribution in [0, 0.1) is 17.1 Å². The number of benzene rings is 1. The molecule has 5 nitrogen and oxygen atoms in total. The first kappa shape index (κ1) is 13.3. The smallest absolute Gasteiger partial charge is 0.260 e. The van der Waals surface area contributed by atoms with Crippen LogP contribution in [0.1, 0.15) is 5.56 Å². The Morgan fingerprint density at radius 1 is 1.47 bits per heavy atom. The van der Waals surface area contributed by atoms with Gasteiger partial charge in [0.15, 0.2) is 18.2 Å². The summed E-state index contributed by atoms with van der Waals surface area (Å²) in [5.74, 6) is -0.874. The number of nitrogens with zero attached hydrogens (tertiary/aromatic N) is 2. The molecular weight excluding hydrogens is 251 g/mol. The van der Waals surface area contributed by atoms with Crippen LogP contribution in [0.5, 0.6) is 5.75 Å². The van der Waals surface area contributed by atoms with Crippen molar-refractivity contribution in [3.63, 3.8) is 0 Å². The van der Waals surface area contributed by atoms with E-state index in [1.54, 1.807) is 4.90 Å². The zero-order valence-electron chi connectivity index (χ0n) is 10.3. The van der Waals surface area contributed by atoms with Crippen molar-refractivity contribution in [3.8, 4) is 11.8 Å². The molecule has 0 aromatic heterocycles. The molecule has 0 atom stereocenters. The molecule has 6 heteroatoms. The van der Waals surface area contributed by atoms with Crippen LogP contribution in [-0.2, 0) is 9.53 Å². The first-order chi connectivity index (χ1) is 9.20. The molecule has 0 aliphatic carbocycles. The van der Waals surface area contributed by atoms with E-state index in [9.17, 15) is 9.18 Å². The zero-order valence-corrected chi connectivity index (χ0v) is 10.3. The molecule has 0 spiro atoms. The Hall–Kier alpha value is -2.13. The van der Waals surface area contributed by atoms with Gasteiger partial charge in [-0.3, -0.25) is 4.79 Å². The second kappa shape index (κ2) is 6.16. The summed E-state index contributed by atoms with van der Waals surface area (Å²) in [5.41, 5.74) is 0.212. The second-order valence-electron chi connectivity index (χ2n) is 4.04. The summed E-state index contributed by atoms with van der Waals surface area (Å²) in [7, 11) is 0. The van der Waals surface area contributed by atoms with Crippen LogP contribution < -0.4 is 4.74 Å². The number of amides is 1. The Labute approximate surface area is 110 Å². The van der Waals surface area contributed by atoms with Crippen LogP contribution in [0.4, 0.5) is 4.39 Å². The Morgan fingerprint density at radius 2 is 2.21 bits per heavy atom. The van der Waals surface area contributed by atoms with Crippen LogP contribution in [0.3, 0.4) is 0 Å². The third kappa shape index (κ3) is 3.42. The van der Waals surface area contributed by atoms with Gasteiger partial charge in [0.25, 0.3) is 5.91 Å². The molecule has 1 amide bonds. The largest absolute Gasteiger partial charge is 0.481 e. The van der Waals surface area contributed by atoms with E-state index < -0.39 is 5.82 Å². The Kier molecular flexibility index (Phi) is 4.31. The fourth-order valence-electron chi connectivity index (χ4n) is 1.73. The standard InChI is InChI=1S/C13H13FN2O3/c14-11-7-10(8-15)1-2-12(11)19-9-13(17)16-3-5-18-6-4-16/h1-2,7H,3-6,9H2. The van der Waals surface area contributed by atoms with Gasteiger partial charge in [-0.2, -0.15) is 5.26 Å². The number of nitriles is 1. The number of carbonyl (C=O) groups is 1. The molecule has 1 aliphatic heterocycles. The highest BCUT2D eigenvalue weighted by molar-refractivity contribution is 5.77. The van der Waals surface area contributed by atoms with E-state index in [4.69, 9.17) is 14.7 Å². The summed E-state index contributed by atoms with van der Waals surface area (Å²) < 4.78 is 23.8. The summed E-state index contributed by atoms with van der Waals surface area (Å²) in [5, 5.41) is 8.61. The van der Waals surface area contributed by atoms with Crippen molar-refractivity contribution in [3.05, 3.63) is 29.6 Å². The van der Waals surface area contributed by atoms with Crippen molar-refractivity contribution in [2.75, 3.05) is 32.9 Å². The lowest BCUT2D eigenvalue weighted by atomic mass is 10.2. The highest BCUT2D eigenvalue weighted by Gasteiger charge is 2.17. The second-order valence-corrected chi connectivity index (χ2v) is 4.04. The van der Waals surface area contributed by atoms with Crippen molar-refractivity contribution in [2.24, 2.45) is 0 Å². The number of hydrogen-bond acceptors (Lipinski definition) is 4. The van der Waals surface area contributed by atoms with Crippen molar-refractivity contribution < 1.29 is 18.7 Å². The molecule has 0 unspecified atom stereocenters. The predicted octanol–water partition coefficient (Wildman–Crippen LogP) is 0.935. The van der Waals surface area contributed by atoms with Gasteiger partial charge in [-0.05, 0) is 18.2 Å². The van der Waals surface area contributed by atoms with Crippen LogP contribution in [0.2, 0.25) is 0 Å². The van der Waals surface area contributed by atoms with Crippen molar-refractivity contribution in [1.82, 2.24) is 4.90 Å². The van der Waals surface area contributed by atoms with Crippen LogP contribution in [0.15, 0.2) is 18.2 Å². The highest BCUT2D eigenvalue weighted by atomic mass is 19.1. The van der Waals surface area contributed by atoms with E-state index in [0.717, 1.165) is 6.07 Å². The fourth-order valence-corrected chi connectivity index (χ4v) is 1.73. The van der Waals surface area contributed by atoms with Gasteiger partial charge in [0.1, 0.15) is 0 Å². The number of ether oxygens (including phenoxy) is 2. The van der Waals surface area contributed by atoms with Gasteiger partial charge in [-0.1, -0.05) is 0 Å². The first-order valence-electron chi connectivity index (χ1n) is 5.88. The molecule has 1 heterocycles. The lowest BCUT2D eigenvalue weighted by Gasteiger charge is -2.26. The first-order valence-corrected chi connectivity index (χ1v) is 5.88. The van der Waals surface area contributed by atoms with E-state index >= 15 is 0 Å². The molecule has 100 valence electrons. The Balaban J connectivity index is 1.91. The van der Waals surface area contributed by atoms with Crippen LogP contribution >= 0.6 is 0 Å². The molecule has 0 radical (unpaired) electrons. The van der Waals surface area contributed by atoms with Crippen molar-refractivity contribution >= 4 is 5.91 Å². The number of carbonyl (C=O) groups excluding carboxylic acids is 1. The number of rotatable bonds is 3. The third-order valence-corrected chi connectivity index (χ3v) is 2.78. The molecule has 1 fully saturated rings. The Bertz CT molecular complexity index is 507. The van der Waals surface area contributed by atoms with Crippen molar-refractivity contribution in [1.29, 1.82) is 5.26 Å². The van der Waals surface area contributed by atoms with Gasteiger partial charge in [-0.25, -0.2) is 4.39 Å². The van der Waals surface area contributed by atoms with Gasteiger partial charge >= 0.3 is 0 Å². The van der Waals surface area contributed by atoms with E-state index in [-0.39, 0.29) is 23.8 Å². The molecule has 1 aliphatic rings. The average Bonchev–Trinajstić information content (AvgIpc) is 2.46. The van der Waals surface area contributed by atoms with E-state index in [2.05, 4.69) is 0 Å². The molecule has 0 bridgehead atoms. The molecule has 0 N–H and O–H groups in total. The molecular formula is C13H13FN2O3. The maximum absolute atomic E-state index is 13.5. The number of hydrogen-bond donors (Lipinski definition) is 0. The molecule has 0 saturated carbocycles. The lowest BCUT2D eigenvalue weighted by molar-refractivity contribution is -0.137. The average molecular weight is 264 g/mol. The topological polar surface area (TPSA) is 62.6 Å². The quantitative estimate of drug-likeness (QED) is 0.815. The van der Waals surface area contributed by atoms with Crippen LogP contribution in [0.25, 0.3) is 0 Å². The summed E-state index contributed by atoms with van der Waals surface area (Å²) >= 11 is 0. The van der Waals surface area contributed by atoms with E-state index in [0.29, 0.717) is 26.3 Å². The summed E-state index contributed by atoms with van der Waals surface area (Å²) in [4.78, 5) is 13.4. The molecule has 19 heavy (non-hydrogen) atoms. The van der Waals surface area contributed by atoms with Gasteiger partial charge < -0.3 is 14.4 Å². The minimum Gasteiger partial charge on any atom is -0.481 e. The SMILES string of the molecule is N#Cc1ccc(OCC(=O)N2CCOCC2)c(F)c1. The Morgan fingerprint density at radius 3 is 2.84 bits per heavy atom. The summed E-state index contributed by atoms with van der Waals surface area (Å²) in [6, 6.07) is 5.69. The number of halogens is 1. The monoisotopic (exact) mass is 264 g/mol. The van der Waals surface area contributed by atoms with Gasteiger partial charge in [0, 0.05) is 13.1 Å². The molecule has 2 rings (SSSR count). The molecule has 1 saturated heterocycles. The highest BCUT2D eigenvalue weighted by Crippen LogP contribution is 2.18. The predicted molar refractivity (Wildman–Crippen MR) is 64.0 cm³/mol. The van der Waals surface area contributed by atoms with Gasteiger partial charge in [0.05, 0.1) is 24.8 Å². The third-order valence-electron chi connectivity index (χ3n) is 2.78. The van der Waals surface area contributed by atoms with Crippen molar-refractivity contribution in [2.45, 2.75) is 0 Å². The molecule has 1 aromatic rings. The van der Waals surface area contributed by atoms with E-state index in [1.807, 2.05) is 6.07 Å². The van der Waals surface area contributed by atoms with Gasteiger partial charge in [-0.15, -0.1) is 0 Å². The maximum atomic E-state index is 13.5.